The molecule has 0 bridgehead atoms. The molecular formula is C18H22ClN3O4S. The second-order valence-corrected chi connectivity index (χ2v) is 8.92. The molecule has 1 aromatic carbocycles. The molecule has 0 radical (unpaired) electrons. The van der Waals surface area contributed by atoms with E-state index in [0.717, 1.165) is 5.56 Å². The highest BCUT2D eigenvalue weighted by Gasteiger charge is 2.31. The third kappa shape index (κ3) is 6.54. The number of benzene rings is 1. The van der Waals surface area contributed by atoms with Crippen LogP contribution in [0.4, 0.5) is 0 Å². The maximum atomic E-state index is 12.4. The molecule has 1 amide bonds. The van der Waals surface area contributed by atoms with Crippen molar-refractivity contribution < 1.29 is 17.9 Å². The first kappa shape index (κ1) is 21.2. The van der Waals surface area contributed by atoms with Gasteiger partial charge in [-0.15, -0.1) is 0 Å². The molecule has 2 rings (SSSR count). The summed E-state index contributed by atoms with van der Waals surface area (Å²) in [4.78, 5) is 14.1. The Bertz CT molecular complexity index is 831. The average molecular weight is 412 g/mol. The van der Waals surface area contributed by atoms with Gasteiger partial charge in [0, 0.05) is 37.5 Å². The number of nitrogens with one attached hydrogen (secondary N) is 1. The Morgan fingerprint density at radius 3 is 2.70 bits per heavy atom. The number of hydrogen-bond donors (Lipinski definition) is 1. The van der Waals surface area contributed by atoms with E-state index in [1.807, 2.05) is 6.07 Å². The van der Waals surface area contributed by atoms with Crippen LogP contribution in [0.5, 0.6) is 0 Å². The van der Waals surface area contributed by atoms with Gasteiger partial charge in [0.15, 0.2) is 9.84 Å². The summed E-state index contributed by atoms with van der Waals surface area (Å²) < 4.78 is 28.6. The third-order valence-corrected chi connectivity index (χ3v) is 6.26. The van der Waals surface area contributed by atoms with E-state index in [2.05, 4.69) is 5.32 Å². The van der Waals surface area contributed by atoms with E-state index in [9.17, 15) is 18.5 Å². The predicted molar refractivity (Wildman–Crippen MR) is 103 cm³/mol. The molecule has 1 aliphatic rings. The van der Waals surface area contributed by atoms with E-state index in [1.165, 1.54) is 13.3 Å². The van der Waals surface area contributed by atoms with E-state index in [0.29, 0.717) is 24.6 Å². The number of halogens is 1. The van der Waals surface area contributed by atoms with Crippen LogP contribution in [0.1, 0.15) is 12.0 Å². The molecule has 0 aromatic heterocycles. The van der Waals surface area contributed by atoms with Crippen LogP contribution in [-0.4, -0.2) is 57.0 Å². The fourth-order valence-electron chi connectivity index (χ4n) is 2.77. The minimum atomic E-state index is -3.08. The van der Waals surface area contributed by atoms with E-state index in [4.69, 9.17) is 16.3 Å². The van der Waals surface area contributed by atoms with Gasteiger partial charge in [0.05, 0.1) is 18.1 Å². The van der Waals surface area contributed by atoms with Gasteiger partial charge in [0.2, 0.25) is 0 Å². The highest BCUT2D eigenvalue weighted by Crippen LogP contribution is 2.19. The van der Waals surface area contributed by atoms with Crippen LogP contribution in [0, 0.1) is 11.3 Å². The summed E-state index contributed by atoms with van der Waals surface area (Å²) in [6.45, 7) is 1.01. The molecule has 1 atom stereocenters. The third-order valence-electron chi connectivity index (χ3n) is 4.26. The Balaban J connectivity index is 2.08. The maximum absolute atomic E-state index is 12.4. The monoisotopic (exact) mass is 411 g/mol. The molecule has 1 aliphatic heterocycles. The largest absolute Gasteiger partial charge is 0.383 e. The molecular weight excluding hydrogens is 390 g/mol. The second kappa shape index (κ2) is 9.74. The lowest BCUT2D eigenvalue weighted by Crippen LogP contribution is -2.36. The number of nitriles is 1. The fraction of sp³-hybridized carbons (Fsp3) is 0.444. The van der Waals surface area contributed by atoms with Gasteiger partial charge in [-0.1, -0.05) is 23.7 Å². The van der Waals surface area contributed by atoms with Gasteiger partial charge in [-0.05, 0) is 24.1 Å². The number of ether oxygens (including phenoxy) is 1. The van der Waals surface area contributed by atoms with E-state index in [-0.39, 0.29) is 29.7 Å². The Morgan fingerprint density at radius 1 is 1.44 bits per heavy atom. The quantitative estimate of drug-likeness (QED) is 0.514. The van der Waals surface area contributed by atoms with Crippen molar-refractivity contribution in [2.75, 3.05) is 31.8 Å². The van der Waals surface area contributed by atoms with Crippen LogP contribution in [0.25, 0.3) is 0 Å². The summed E-state index contributed by atoms with van der Waals surface area (Å²) >= 11 is 5.83. The Morgan fingerprint density at radius 2 is 2.15 bits per heavy atom. The molecule has 1 aromatic rings. The highest BCUT2D eigenvalue weighted by molar-refractivity contribution is 7.91. The van der Waals surface area contributed by atoms with Crippen molar-refractivity contribution in [3.63, 3.8) is 0 Å². The number of carbonyl (C=O) groups excluding carboxylic acids is 1. The predicted octanol–water partition coefficient (Wildman–Crippen LogP) is 1.50. The summed E-state index contributed by atoms with van der Waals surface area (Å²) in [6.07, 6.45) is 1.90. The van der Waals surface area contributed by atoms with Crippen LogP contribution in [0.3, 0.4) is 0 Å². The molecule has 0 aliphatic carbocycles. The van der Waals surface area contributed by atoms with Crippen molar-refractivity contribution in [1.82, 2.24) is 10.2 Å². The summed E-state index contributed by atoms with van der Waals surface area (Å²) in [5.74, 6) is -0.395. The van der Waals surface area contributed by atoms with Gasteiger partial charge in [0.25, 0.3) is 5.91 Å². The zero-order valence-corrected chi connectivity index (χ0v) is 16.6. The first-order chi connectivity index (χ1) is 12.8. The van der Waals surface area contributed by atoms with Crippen molar-refractivity contribution in [1.29, 1.82) is 5.26 Å². The van der Waals surface area contributed by atoms with Crippen molar-refractivity contribution in [3.8, 4) is 6.07 Å². The van der Waals surface area contributed by atoms with Crippen molar-refractivity contribution in [3.05, 3.63) is 46.6 Å². The number of hydrogen-bond acceptors (Lipinski definition) is 6. The molecule has 27 heavy (non-hydrogen) atoms. The van der Waals surface area contributed by atoms with Gasteiger partial charge in [0.1, 0.15) is 11.6 Å². The maximum Gasteiger partial charge on any atom is 0.263 e. The van der Waals surface area contributed by atoms with E-state index in [1.54, 1.807) is 29.2 Å². The Labute approximate surface area is 164 Å². The average Bonchev–Trinajstić information content (AvgIpc) is 3.01. The molecule has 9 heteroatoms. The lowest BCUT2D eigenvalue weighted by molar-refractivity contribution is -0.117. The van der Waals surface area contributed by atoms with Gasteiger partial charge in [-0.2, -0.15) is 5.26 Å². The van der Waals surface area contributed by atoms with E-state index < -0.39 is 15.7 Å². The van der Waals surface area contributed by atoms with Gasteiger partial charge < -0.3 is 15.0 Å². The smallest absolute Gasteiger partial charge is 0.263 e. The lowest BCUT2D eigenvalue weighted by atomic mass is 10.2. The number of methoxy groups -OCH3 is 1. The molecule has 1 N–H and O–H groups in total. The summed E-state index contributed by atoms with van der Waals surface area (Å²) in [6, 6.07) is 8.64. The van der Waals surface area contributed by atoms with Crippen LogP contribution < -0.4 is 5.32 Å². The van der Waals surface area contributed by atoms with Gasteiger partial charge in [-0.3, -0.25) is 4.79 Å². The summed E-state index contributed by atoms with van der Waals surface area (Å²) in [5, 5.41) is 12.7. The van der Waals surface area contributed by atoms with Crippen LogP contribution in [0.2, 0.25) is 5.02 Å². The first-order valence-electron chi connectivity index (χ1n) is 8.44. The molecule has 1 heterocycles. The SMILES string of the molecule is COCCN(/C=C(/C#N)C(=O)NCc1ccc(Cl)cc1)C1CCS(=O)(=O)C1. The number of carbonyl (C=O) groups is 1. The number of sulfone groups is 1. The van der Waals surface area contributed by atoms with Crippen LogP contribution in [-0.2, 0) is 25.9 Å². The zero-order valence-electron chi connectivity index (χ0n) is 15.0. The van der Waals surface area contributed by atoms with E-state index >= 15 is 0 Å². The number of nitrogens with zero attached hydrogens (tertiary/aromatic N) is 2. The Hall–Kier alpha value is -2.08. The molecule has 1 fully saturated rings. The zero-order chi connectivity index (χ0) is 19.9. The minimum Gasteiger partial charge on any atom is -0.383 e. The topological polar surface area (TPSA) is 99.5 Å². The molecule has 0 spiro atoms. The second-order valence-electron chi connectivity index (χ2n) is 6.25. The molecule has 1 saturated heterocycles. The molecule has 1 unspecified atom stereocenters. The minimum absolute atomic E-state index is 0.0122. The summed E-state index contributed by atoms with van der Waals surface area (Å²) in [5.41, 5.74) is 0.771. The van der Waals surface area contributed by atoms with Crippen molar-refractivity contribution >= 4 is 27.3 Å². The number of amides is 1. The normalized spacial score (nSPS) is 18.7. The van der Waals surface area contributed by atoms with Crippen LogP contribution >= 0.6 is 11.6 Å². The summed E-state index contributed by atoms with van der Waals surface area (Å²) in [7, 11) is -1.55. The lowest BCUT2D eigenvalue weighted by Gasteiger charge is -2.26. The number of rotatable bonds is 8. The molecule has 146 valence electrons. The fourth-order valence-corrected chi connectivity index (χ4v) is 4.64. The highest BCUT2D eigenvalue weighted by atomic mass is 35.5. The first-order valence-corrected chi connectivity index (χ1v) is 10.6. The van der Waals surface area contributed by atoms with Crippen molar-refractivity contribution in [2.24, 2.45) is 0 Å². The Kier molecular flexibility index (Phi) is 7.66. The molecule has 0 saturated carbocycles. The molecule has 7 nitrogen and oxygen atoms in total. The van der Waals surface area contributed by atoms with Crippen LogP contribution in [0.15, 0.2) is 36.0 Å². The standard InChI is InChI=1S/C18H22ClN3O4S/c1-26-8-7-22(17-6-9-27(24,25)13-17)12-15(10-20)18(23)21-11-14-2-4-16(19)5-3-14/h2-5,12,17H,6-9,11,13H2,1H3,(H,21,23)/b15-12-. The van der Waals surface area contributed by atoms with Gasteiger partial charge in [-0.25, -0.2) is 8.42 Å². The van der Waals surface area contributed by atoms with Crippen molar-refractivity contribution in [2.45, 2.75) is 19.0 Å². The van der Waals surface area contributed by atoms with Gasteiger partial charge >= 0.3 is 0 Å².